The summed E-state index contributed by atoms with van der Waals surface area (Å²) < 4.78 is 5.11. The van der Waals surface area contributed by atoms with Crippen molar-refractivity contribution in [1.29, 1.82) is 0 Å². The predicted octanol–water partition coefficient (Wildman–Crippen LogP) is 15.1. The summed E-state index contributed by atoms with van der Waals surface area (Å²) in [4.78, 5) is 2.47. The van der Waals surface area contributed by atoms with Crippen LogP contribution in [0.5, 0.6) is 0 Å². The number of aromatic nitrogens is 1. The van der Waals surface area contributed by atoms with Crippen molar-refractivity contribution in [2.45, 2.75) is 0 Å². The van der Waals surface area contributed by atoms with Crippen molar-refractivity contribution in [2.75, 3.05) is 4.90 Å². The fourth-order valence-electron chi connectivity index (χ4n) is 8.55. The van der Waals surface area contributed by atoms with Crippen molar-refractivity contribution in [3.05, 3.63) is 206 Å². The van der Waals surface area contributed by atoms with Crippen LogP contribution in [0.3, 0.4) is 0 Å². The maximum absolute atomic E-state index is 2.48. The number of benzene rings is 9. The Bertz CT molecular complexity index is 3210. The molecule has 55 heavy (non-hydrogen) atoms. The Labute approximate surface area is 323 Å². The van der Waals surface area contributed by atoms with E-state index in [1.165, 1.54) is 69.5 Å². The number of nitrogens with zero attached hydrogens (tertiary/aromatic N) is 2. The van der Waals surface area contributed by atoms with Gasteiger partial charge in [0.25, 0.3) is 0 Å². The van der Waals surface area contributed by atoms with Crippen LogP contribution in [0.4, 0.5) is 17.1 Å². The minimum absolute atomic E-state index is 1.11. The zero-order chi connectivity index (χ0) is 36.3. The van der Waals surface area contributed by atoms with Crippen molar-refractivity contribution in [2.24, 2.45) is 0 Å². The first-order valence-corrected chi connectivity index (χ1v) is 19.6. The van der Waals surface area contributed by atoms with Gasteiger partial charge in [0.2, 0.25) is 0 Å². The molecule has 0 bridgehead atoms. The summed E-state index contributed by atoms with van der Waals surface area (Å²) in [6.07, 6.45) is 0. The molecule has 11 rings (SSSR count). The Kier molecular flexibility index (Phi) is 7.39. The molecule has 0 aliphatic heterocycles. The van der Waals surface area contributed by atoms with Crippen molar-refractivity contribution < 1.29 is 0 Å². The van der Waals surface area contributed by atoms with E-state index in [9.17, 15) is 0 Å². The summed E-state index contributed by atoms with van der Waals surface area (Å²) >= 11 is 1.88. The van der Waals surface area contributed by atoms with E-state index in [0.29, 0.717) is 0 Å². The third-order valence-corrected chi connectivity index (χ3v) is 12.2. The highest BCUT2D eigenvalue weighted by Crippen LogP contribution is 2.49. The molecule has 258 valence electrons. The largest absolute Gasteiger partial charge is 0.309 e. The quantitative estimate of drug-likeness (QED) is 0.166. The SMILES string of the molecule is c1ccc(-c2cc3ccccc3cc2N(c2ccccc2)c2cccc3c2c2ccccc2n3-c2ccccc2-c2cccc3c2sc2ccccc23)cc1. The van der Waals surface area contributed by atoms with Gasteiger partial charge in [0.15, 0.2) is 0 Å². The van der Waals surface area contributed by atoms with Gasteiger partial charge in [-0.2, -0.15) is 0 Å². The lowest BCUT2D eigenvalue weighted by Crippen LogP contribution is -2.12. The van der Waals surface area contributed by atoms with Gasteiger partial charge < -0.3 is 9.47 Å². The minimum Gasteiger partial charge on any atom is -0.309 e. The first-order chi connectivity index (χ1) is 27.3. The molecular formula is C52H34N2S. The fourth-order valence-corrected chi connectivity index (χ4v) is 9.78. The lowest BCUT2D eigenvalue weighted by atomic mass is 9.97. The van der Waals surface area contributed by atoms with Crippen LogP contribution in [-0.4, -0.2) is 4.57 Å². The highest BCUT2D eigenvalue weighted by molar-refractivity contribution is 7.26. The Morgan fingerprint density at radius 1 is 0.400 bits per heavy atom. The van der Waals surface area contributed by atoms with Gasteiger partial charge in [-0.25, -0.2) is 0 Å². The molecule has 0 atom stereocenters. The molecule has 2 nitrogen and oxygen atoms in total. The molecule has 0 spiro atoms. The maximum Gasteiger partial charge on any atom is 0.0562 e. The molecule has 9 aromatic carbocycles. The smallest absolute Gasteiger partial charge is 0.0562 e. The number of thiophene rings is 1. The van der Waals surface area contributed by atoms with Crippen molar-refractivity contribution in [3.8, 4) is 27.9 Å². The highest BCUT2D eigenvalue weighted by atomic mass is 32.1. The first kappa shape index (κ1) is 31.6. The average molecular weight is 719 g/mol. The van der Waals surface area contributed by atoms with E-state index in [1.807, 2.05) is 11.3 Å². The molecule has 2 heterocycles. The van der Waals surface area contributed by atoms with E-state index in [0.717, 1.165) is 28.3 Å². The molecule has 3 heteroatoms. The lowest BCUT2D eigenvalue weighted by molar-refractivity contribution is 1.18. The summed E-state index contributed by atoms with van der Waals surface area (Å²) in [6, 6.07) is 75.2. The van der Waals surface area contributed by atoms with Gasteiger partial charge in [-0.1, -0.05) is 152 Å². The molecule has 0 saturated heterocycles. The van der Waals surface area contributed by atoms with Crippen molar-refractivity contribution in [3.63, 3.8) is 0 Å². The van der Waals surface area contributed by atoms with E-state index in [4.69, 9.17) is 0 Å². The summed E-state index contributed by atoms with van der Waals surface area (Å²) in [7, 11) is 0. The van der Waals surface area contributed by atoms with Gasteiger partial charge in [0.05, 0.1) is 28.1 Å². The molecule has 0 unspecified atom stereocenters. The number of anilines is 3. The first-order valence-electron chi connectivity index (χ1n) is 18.8. The highest BCUT2D eigenvalue weighted by Gasteiger charge is 2.24. The third-order valence-electron chi connectivity index (χ3n) is 11.0. The molecule has 0 fully saturated rings. The van der Waals surface area contributed by atoms with Crippen LogP contribution in [0.15, 0.2) is 206 Å². The molecule has 0 saturated carbocycles. The van der Waals surface area contributed by atoms with E-state index in [1.54, 1.807) is 0 Å². The Morgan fingerprint density at radius 3 is 1.87 bits per heavy atom. The number of hydrogen-bond donors (Lipinski definition) is 0. The fraction of sp³-hybridized carbons (Fsp3) is 0. The summed E-state index contributed by atoms with van der Waals surface area (Å²) in [5.74, 6) is 0. The zero-order valence-corrected chi connectivity index (χ0v) is 30.7. The molecule has 0 N–H and O–H groups in total. The van der Waals surface area contributed by atoms with Crippen molar-refractivity contribution in [1.82, 2.24) is 4.57 Å². The van der Waals surface area contributed by atoms with E-state index < -0.39 is 0 Å². The molecule has 0 aliphatic carbocycles. The lowest BCUT2D eigenvalue weighted by Gasteiger charge is -2.29. The molecule has 0 radical (unpaired) electrons. The Balaban J connectivity index is 1.21. The van der Waals surface area contributed by atoms with Gasteiger partial charge in [0, 0.05) is 53.3 Å². The van der Waals surface area contributed by atoms with Gasteiger partial charge in [-0.3, -0.25) is 0 Å². The van der Waals surface area contributed by atoms with Crippen LogP contribution >= 0.6 is 11.3 Å². The monoisotopic (exact) mass is 718 g/mol. The van der Waals surface area contributed by atoms with Gasteiger partial charge in [-0.15, -0.1) is 11.3 Å². The molecular weight excluding hydrogens is 685 g/mol. The van der Waals surface area contributed by atoms with Crippen LogP contribution in [0.1, 0.15) is 0 Å². The summed E-state index contributed by atoms with van der Waals surface area (Å²) in [5, 5.41) is 7.47. The second kappa shape index (κ2) is 12.9. The van der Waals surface area contributed by atoms with Crippen LogP contribution < -0.4 is 4.90 Å². The molecule has 11 aromatic rings. The second-order valence-electron chi connectivity index (χ2n) is 14.1. The Hall–Kier alpha value is -6.94. The van der Waals surface area contributed by atoms with E-state index in [2.05, 4.69) is 216 Å². The van der Waals surface area contributed by atoms with Crippen molar-refractivity contribution >= 4 is 81.1 Å². The van der Waals surface area contributed by atoms with Gasteiger partial charge >= 0.3 is 0 Å². The third kappa shape index (κ3) is 5.09. The molecule has 0 amide bonds. The molecule has 0 aliphatic rings. The van der Waals surface area contributed by atoms with Crippen LogP contribution in [-0.2, 0) is 0 Å². The van der Waals surface area contributed by atoms with Crippen LogP contribution in [0.2, 0.25) is 0 Å². The predicted molar refractivity (Wildman–Crippen MR) is 237 cm³/mol. The van der Waals surface area contributed by atoms with Crippen LogP contribution in [0, 0.1) is 0 Å². The Morgan fingerprint density at radius 2 is 1.02 bits per heavy atom. The van der Waals surface area contributed by atoms with Gasteiger partial charge in [0.1, 0.15) is 0 Å². The number of fused-ring (bicyclic) bond motifs is 7. The normalized spacial score (nSPS) is 11.6. The maximum atomic E-state index is 2.48. The minimum atomic E-state index is 1.11. The number of hydrogen-bond acceptors (Lipinski definition) is 2. The van der Waals surface area contributed by atoms with Gasteiger partial charge in [-0.05, 0) is 70.9 Å². The van der Waals surface area contributed by atoms with E-state index >= 15 is 0 Å². The second-order valence-corrected chi connectivity index (χ2v) is 15.1. The standard InChI is InChI=1S/C52H34N2S/c1-3-17-35(18-4-1)44-33-36-19-7-8-20-37(36)34-49(44)53(38-21-5-2-6-22-38)47-30-16-31-48-51(47)43-25-10-13-29-46(43)54(48)45-28-12-9-23-39(45)41-26-15-27-42-40-24-11-14-32-50(40)55-52(41)42/h1-34H. The summed E-state index contributed by atoms with van der Waals surface area (Å²) in [5.41, 5.74) is 11.7. The number of para-hydroxylation sites is 3. The summed E-state index contributed by atoms with van der Waals surface area (Å²) in [6.45, 7) is 0. The van der Waals surface area contributed by atoms with Crippen LogP contribution in [0.25, 0.3) is 80.7 Å². The van der Waals surface area contributed by atoms with E-state index in [-0.39, 0.29) is 0 Å². The number of rotatable bonds is 6. The molecule has 2 aromatic heterocycles. The zero-order valence-electron chi connectivity index (χ0n) is 29.9. The average Bonchev–Trinajstić information content (AvgIpc) is 3.81. The topological polar surface area (TPSA) is 8.17 Å².